The van der Waals surface area contributed by atoms with E-state index in [2.05, 4.69) is 4.74 Å². The molecule has 0 N–H and O–H groups in total. The third-order valence-corrected chi connectivity index (χ3v) is 2.26. The van der Waals surface area contributed by atoms with Gasteiger partial charge in [0.2, 0.25) is 0 Å². The van der Waals surface area contributed by atoms with Crippen LogP contribution < -0.4 is 0 Å². The van der Waals surface area contributed by atoms with Crippen LogP contribution in [0.15, 0.2) is 0 Å². The lowest BCUT2D eigenvalue weighted by molar-refractivity contribution is 0.0586. The Morgan fingerprint density at radius 3 is 1.71 bits per heavy atom. The SMILES string of the molecule is COC(=O)c1c(F)c(F)c(C(C)C)c(F)c1F. The van der Waals surface area contributed by atoms with Crippen LogP contribution in [-0.4, -0.2) is 13.1 Å². The van der Waals surface area contributed by atoms with Crippen molar-refractivity contribution in [1.82, 2.24) is 0 Å². The van der Waals surface area contributed by atoms with Crippen LogP contribution in [0.2, 0.25) is 0 Å². The third-order valence-electron chi connectivity index (χ3n) is 2.26. The fourth-order valence-corrected chi connectivity index (χ4v) is 1.44. The molecule has 1 aromatic rings. The lowest BCUT2D eigenvalue weighted by Gasteiger charge is -2.12. The topological polar surface area (TPSA) is 26.3 Å². The highest BCUT2D eigenvalue weighted by Crippen LogP contribution is 2.29. The van der Waals surface area contributed by atoms with E-state index in [-0.39, 0.29) is 0 Å². The van der Waals surface area contributed by atoms with Crippen LogP contribution in [0.4, 0.5) is 17.6 Å². The minimum Gasteiger partial charge on any atom is -0.465 e. The van der Waals surface area contributed by atoms with E-state index in [1.807, 2.05) is 0 Å². The van der Waals surface area contributed by atoms with Gasteiger partial charge in [0.05, 0.1) is 7.11 Å². The Kier molecular flexibility index (Phi) is 3.75. The predicted molar refractivity (Wildman–Crippen MR) is 51.7 cm³/mol. The number of halogens is 4. The second-order valence-electron chi connectivity index (χ2n) is 3.69. The summed E-state index contributed by atoms with van der Waals surface area (Å²) < 4.78 is 57.8. The zero-order valence-corrected chi connectivity index (χ0v) is 9.41. The van der Waals surface area contributed by atoms with Gasteiger partial charge < -0.3 is 4.74 Å². The Morgan fingerprint density at radius 1 is 1.00 bits per heavy atom. The zero-order chi connectivity index (χ0) is 13.3. The monoisotopic (exact) mass is 250 g/mol. The molecule has 0 fully saturated rings. The van der Waals surface area contributed by atoms with E-state index in [0.29, 0.717) is 0 Å². The Hall–Kier alpha value is -1.59. The van der Waals surface area contributed by atoms with Gasteiger partial charge >= 0.3 is 5.97 Å². The first-order valence-corrected chi connectivity index (χ1v) is 4.77. The molecule has 0 bridgehead atoms. The van der Waals surface area contributed by atoms with Crippen molar-refractivity contribution in [1.29, 1.82) is 0 Å². The highest BCUT2D eigenvalue weighted by atomic mass is 19.2. The summed E-state index contributed by atoms with van der Waals surface area (Å²) in [5.74, 6) is -8.84. The summed E-state index contributed by atoms with van der Waals surface area (Å²) in [6.07, 6.45) is 0. The highest BCUT2D eigenvalue weighted by Gasteiger charge is 2.30. The average Bonchev–Trinajstić information content (AvgIpc) is 2.26. The molecular formula is C11H10F4O2. The molecule has 94 valence electrons. The fourth-order valence-electron chi connectivity index (χ4n) is 1.44. The van der Waals surface area contributed by atoms with Gasteiger partial charge in [0.15, 0.2) is 23.3 Å². The number of hydrogen-bond acceptors (Lipinski definition) is 2. The van der Waals surface area contributed by atoms with Crippen LogP contribution in [0.5, 0.6) is 0 Å². The van der Waals surface area contributed by atoms with Gasteiger partial charge in [-0.15, -0.1) is 0 Å². The minimum atomic E-state index is -1.74. The largest absolute Gasteiger partial charge is 0.465 e. The Balaban J connectivity index is 3.64. The molecule has 0 spiro atoms. The molecule has 6 heteroatoms. The van der Waals surface area contributed by atoms with Crippen molar-refractivity contribution in [3.63, 3.8) is 0 Å². The van der Waals surface area contributed by atoms with Gasteiger partial charge in [0, 0.05) is 5.56 Å². The summed E-state index contributed by atoms with van der Waals surface area (Å²) in [7, 11) is 0.855. The summed E-state index contributed by atoms with van der Waals surface area (Å²) in [5.41, 5.74) is -2.08. The summed E-state index contributed by atoms with van der Waals surface area (Å²) in [6.45, 7) is 2.75. The molecule has 0 amide bonds. The van der Waals surface area contributed by atoms with Gasteiger partial charge in [0.25, 0.3) is 0 Å². The molecule has 0 aliphatic rings. The summed E-state index contributed by atoms with van der Waals surface area (Å²) in [6, 6.07) is 0. The molecule has 0 heterocycles. The van der Waals surface area contributed by atoms with E-state index >= 15 is 0 Å². The molecule has 0 saturated carbocycles. The number of carbonyl (C=O) groups is 1. The maximum atomic E-state index is 13.5. The Labute approximate surface area is 95.2 Å². The van der Waals surface area contributed by atoms with Gasteiger partial charge in [-0.3, -0.25) is 0 Å². The quantitative estimate of drug-likeness (QED) is 0.458. The van der Waals surface area contributed by atoms with Crippen molar-refractivity contribution in [2.24, 2.45) is 0 Å². The van der Waals surface area contributed by atoms with Crippen LogP contribution in [0.3, 0.4) is 0 Å². The molecule has 0 aliphatic carbocycles. The number of benzene rings is 1. The summed E-state index contributed by atoms with van der Waals surface area (Å²) in [5, 5.41) is 0. The number of ether oxygens (including phenoxy) is 1. The number of methoxy groups -OCH3 is 1. The zero-order valence-electron chi connectivity index (χ0n) is 9.41. The van der Waals surface area contributed by atoms with Crippen molar-refractivity contribution in [2.75, 3.05) is 7.11 Å². The number of carbonyl (C=O) groups excluding carboxylic acids is 1. The number of hydrogen-bond donors (Lipinski definition) is 0. The molecule has 0 unspecified atom stereocenters. The first-order valence-electron chi connectivity index (χ1n) is 4.77. The fraction of sp³-hybridized carbons (Fsp3) is 0.364. The lowest BCUT2D eigenvalue weighted by atomic mass is 9.99. The summed E-state index contributed by atoms with van der Waals surface area (Å²) in [4.78, 5) is 11.0. The maximum Gasteiger partial charge on any atom is 0.344 e. The van der Waals surface area contributed by atoms with Crippen molar-refractivity contribution in [3.05, 3.63) is 34.4 Å². The molecule has 2 nitrogen and oxygen atoms in total. The second kappa shape index (κ2) is 4.73. The van der Waals surface area contributed by atoms with E-state index < -0.39 is 46.3 Å². The van der Waals surface area contributed by atoms with Crippen LogP contribution in [0.1, 0.15) is 35.7 Å². The molecule has 0 atom stereocenters. The van der Waals surface area contributed by atoms with Crippen molar-refractivity contribution >= 4 is 5.97 Å². The Bertz CT molecular complexity index is 440. The van der Waals surface area contributed by atoms with Gasteiger partial charge in [0.1, 0.15) is 5.56 Å². The number of esters is 1. The minimum absolute atomic E-state index is 0.729. The average molecular weight is 250 g/mol. The van der Waals surface area contributed by atoms with E-state index in [9.17, 15) is 22.4 Å². The molecule has 0 aromatic heterocycles. The van der Waals surface area contributed by atoms with Gasteiger partial charge in [-0.2, -0.15) is 0 Å². The molecule has 17 heavy (non-hydrogen) atoms. The van der Waals surface area contributed by atoms with Crippen molar-refractivity contribution < 1.29 is 27.1 Å². The predicted octanol–water partition coefficient (Wildman–Crippen LogP) is 3.15. The maximum absolute atomic E-state index is 13.5. The van der Waals surface area contributed by atoms with Crippen LogP contribution in [0, 0.1) is 23.3 Å². The number of rotatable bonds is 2. The van der Waals surface area contributed by atoms with E-state index in [0.717, 1.165) is 7.11 Å². The molecular weight excluding hydrogens is 240 g/mol. The lowest BCUT2D eigenvalue weighted by Crippen LogP contribution is -2.15. The highest BCUT2D eigenvalue weighted by molar-refractivity contribution is 5.90. The van der Waals surface area contributed by atoms with Crippen LogP contribution in [-0.2, 0) is 4.74 Å². The van der Waals surface area contributed by atoms with Crippen LogP contribution >= 0.6 is 0 Å². The summed E-state index contributed by atoms with van der Waals surface area (Å²) >= 11 is 0. The second-order valence-corrected chi connectivity index (χ2v) is 3.69. The first-order chi connectivity index (χ1) is 7.82. The smallest absolute Gasteiger partial charge is 0.344 e. The molecule has 0 aliphatic heterocycles. The normalized spacial score (nSPS) is 10.8. The van der Waals surface area contributed by atoms with E-state index in [1.165, 1.54) is 13.8 Å². The van der Waals surface area contributed by atoms with Gasteiger partial charge in [-0.05, 0) is 5.92 Å². The molecule has 1 rings (SSSR count). The standard InChI is InChI=1S/C11H10F4O2/c1-4(2)5-7(12)9(14)6(11(16)17-3)10(15)8(5)13/h4H,1-3H3. The van der Waals surface area contributed by atoms with Crippen LogP contribution in [0.25, 0.3) is 0 Å². The molecule has 0 radical (unpaired) electrons. The van der Waals surface area contributed by atoms with E-state index in [4.69, 9.17) is 0 Å². The molecule has 1 aromatic carbocycles. The van der Waals surface area contributed by atoms with Gasteiger partial charge in [-0.1, -0.05) is 13.8 Å². The Morgan fingerprint density at radius 2 is 1.41 bits per heavy atom. The molecule has 0 saturated heterocycles. The first kappa shape index (κ1) is 13.5. The van der Waals surface area contributed by atoms with Gasteiger partial charge in [-0.25, -0.2) is 22.4 Å². The van der Waals surface area contributed by atoms with Crippen molar-refractivity contribution in [3.8, 4) is 0 Å². The van der Waals surface area contributed by atoms with E-state index in [1.54, 1.807) is 0 Å². The van der Waals surface area contributed by atoms with Crippen molar-refractivity contribution in [2.45, 2.75) is 19.8 Å². The third kappa shape index (κ3) is 2.11.